The first kappa shape index (κ1) is 16.8. The molecule has 2 aromatic rings. The molecule has 0 fully saturated rings. The number of rotatable bonds is 7. The summed E-state index contributed by atoms with van der Waals surface area (Å²) in [4.78, 5) is 23.1. The lowest BCUT2D eigenvalue weighted by Crippen LogP contribution is -2.40. The minimum absolute atomic E-state index is 0.0534. The van der Waals surface area contributed by atoms with Crippen LogP contribution in [0, 0.1) is 0 Å². The Hall–Kier alpha value is -2.55. The normalized spacial score (nSPS) is 10.3. The summed E-state index contributed by atoms with van der Waals surface area (Å²) in [5.41, 5.74) is 0. The first-order valence-electron chi connectivity index (χ1n) is 6.94. The molecule has 0 aliphatic rings. The molecule has 122 valence electrons. The average Bonchev–Trinajstić information content (AvgIpc) is 3.19. The third kappa shape index (κ3) is 4.46. The first-order valence-corrected chi connectivity index (χ1v) is 7.92. The molecule has 3 amide bonds. The summed E-state index contributed by atoms with van der Waals surface area (Å²) in [5, 5.41) is 13.4. The molecule has 0 radical (unpaired) electrons. The van der Waals surface area contributed by atoms with Crippen molar-refractivity contribution in [2.24, 2.45) is 0 Å². The van der Waals surface area contributed by atoms with Crippen molar-refractivity contribution in [2.75, 3.05) is 12.3 Å². The molecule has 2 N–H and O–H groups in total. The summed E-state index contributed by atoms with van der Waals surface area (Å²) >= 11 is 1.20. The molecule has 0 aliphatic carbocycles. The molecule has 2 aromatic heterocycles. The van der Waals surface area contributed by atoms with Crippen molar-refractivity contribution in [3.63, 3.8) is 0 Å². The molecule has 8 nitrogen and oxygen atoms in total. The summed E-state index contributed by atoms with van der Waals surface area (Å²) < 4.78 is 7.16. The van der Waals surface area contributed by atoms with E-state index in [0.717, 1.165) is 0 Å². The van der Waals surface area contributed by atoms with E-state index in [1.54, 1.807) is 18.4 Å². The Labute approximate surface area is 137 Å². The maximum atomic E-state index is 11.7. The Morgan fingerprint density at radius 2 is 2.30 bits per heavy atom. The van der Waals surface area contributed by atoms with Crippen molar-refractivity contribution >= 4 is 23.7 Å². The second-order valence-electron chi connectivity index (χ2n) is 4.36. The lowest BCUT2D eigenvalue weighted by molar-refractivity contribution is -0.117. The monoisotopic (exact) mass is 335 g/mol. The van der Waals surface area contributed by atoms with E-state index in [4.69, 9.17) is 4.42 Å². The second kappa shape index (κ2) is 8.18. The van der Waals surface area contributed by atoms with Crippen LogP contribution in [-0.4, -0.2) is 39.0 Å². The van der Waals surface area contributed by atoms with Gasteiger partial charge in [-0.05, 0) is 19.1 Å². The molecule has 0 atom stereocenters. The van der Waals surface area contributed by atoms with Crippen LogP contribution in [0.1, 0.15) is 6.92 Å². The number of urea groups is 1. The van der Waals surface area contributed by atoms with Gasteiger partial charge >= 0.3 is 6.03 Å². The van der Waals surface area contributed by atoms with Crippen LogP contribution in [-0.2, 0) is 11.3 Å². The van der Waals surface area contributed by atoms with Crippen molar-refractivity contribution in [1.29, 1.82) is 0 Å². The van der Waals surface area contributed by atoms with Crippen LogP contribution in [0.15, 0.2) is 40.6 Å². The lowest BCUT2D eigenvalue weighted by Gasteiger charge is -2.06. The smallest absolute Gasteiger partial charge is 0.321 e. The third-order valence-electron chi connectivity index (χ3n) is 2.77. The van der Waals surface area contributed by atoms with Crippen LogP contribution in [0.4, 0.5) is 4.79 Å². The van der Waals surface area contributed by atoms with Crippen molar-refractivity contribution in [1.82, 2.24) is 25.4 Å². The van der Waals surface area contributed by atoms with Crippen molar-refractivity contribution < 1.29 is 14.0 Å². The van der Waals surface area contributed by atoms with E-state index in [1.807, 2.05) is 11.5 Å². The van der Waals surface area contributed by atoms with Crippen LogP contribution in [0.3, 0.4) is 0 Å². The summed E-state index contributed by atoms with van der Waals surface area (Å²) in [6.07, 6.45) is 3.09. The molecule has 0 unspecified atom stereocenters. The minimum atomic E-state index is -0.552. The quantitative estimate of drug-likeness (QED) is 0.589. The second-order valence-corrected chi connectivity index (χ2v) is 5.31. The fourth-order valence-corrected chi connectivity index (χ4v) is 2.57. The van der Waals surface area contributed by atoms with E-state index >= 15 is 0 Å². The molecule has 23 heavy (non-hydrogen) atoms. The SMILES string of the molecule is C=CCNC(=O)NC(=O)CSc1nnc(-c2ccco2)n1CC. The van der Waals surface area contributed by atoms with Gasteiger partial charge in [0.05, 0.1) is 12.0 Å². The van der Waals surface area contributed by atoms with Gasteiger partial charge in [0.15, 0.2) is 16.7 Å². The molecule has 2 heterocycles. The van der Waals surface area contributed by atoms with Crippen LogP contribution in [0.5, 0.6) is 0 Å². The molecule has 0 saturated carbocycles. The van der Waals surface area contributed by atoms with Gasteiger partial charge in [0, 0.05) is 13.1 Å². The zero-order valence-electron chi connectivity index (χ0n) is 12.6. The number of furan rings is 1. The molecule has 0 bridgehead atoms. The zero-order chi connectivity index (χ0) is 16.7. The standard InChI is InChI=1S/C14H17N5O3S/c1-3-7-15-13(21)16-11(20)9-23-14-18-17-12(19(14)4-2)10-6-5-8-22-10/h3,5-6,8H,1,4,7,9H2,2H3,(H2,15,16,20,21). The van der Waals surface area contributed by atoms with Gasteiger partial charge in [0.1, 0.15) is 0 Å². The number of thioether (sulfide) groups is 1. The van der Waals surface area contributed by atoms with Crippen LogP contribution < -0.4 is 10.6 Å². The number of hydrogen-bond acceptors (Lipinski definition) is 6. The van der Waals surface area contributed by atoms with Crippen molar-refractivity contribution in [3.8, 4) is 11.6 Å². The molecule has 0 spiro atoms. The highest BCUT2D eigenvalue weighted by molar-refractivity contribution is 7.99. The van der Waals surface area contributed by atoms with Gasteiger partial charge in [-0.1, -0.05) is 17.8 Å². The Morgan fingerprint density at radius 3 is 2.96 bits per heavy atom. The van der Waals surface area contributed by atoms with Gasteiger partial charge in [0.2, 0.25) is 5.91 Å². The number of carbonyl (C=O) groups excluding carboxylic acids is 2. The van der Waals surface area contributed by atoms with Crippen LogP contribution >= 0.6 is 11.8 Å². The number of carbonyl (C=O) groups is 2. The third-order valence-corrected chi connectivity index (χ3v) is 3.73. The molecule has 0 aromatic carbocycles. The number of nitrogens with one attached hydrogen (secondary N) is 2. The highest BCUT2D eigenvalue weighted by Gasteiger charge is 2.16. The lowest BCUT2D eigenvalue weighted by atomic mass is 10.4. The number of amides is 3. The van der Waals surface area contributed by atoms with E-state index in [9.17, 15) is 9.59 Å². The largest absolute Gasteiger partial charge is 0.461 e. The fourth-order valence-electron chi connectivity index (χ4n) is 1.77. The molecule has 0 saturated heterocycles. The highest BCUT2D eigenvalue weighted by Crippen LogP contribution is 2.23. The molecule has 0 aliphatic heterocycles. The number of aromatic nitrogens is 3. The van der Waals surface area contributed by atoms with E-state index in [-0.39, 0.29) is 5.75 Å². The van der Waals surface area contributed by atoms with Crippen molar-refractivity contribution in [2.45, 2.75) is 18.6 Å². The molecule has 2 rings (SSSR count). The summed E-state index contributed by atoms with van der Waals surface area (Å²) in [7, 11) is 0. The molecular weight excluding hydrogens is 318 g/mol. The van der Waals surface area contributed by atoms with E-state index in [1.165, 1.54) is 17.8 Å². The first-order chi connectivity index (χ1) is 11.2. The predicted molar refractivity (Wildman–Crippen MR) is 85.9 cm³/mol. The summed E-state index contributed by atoms with van der Waals surface area (Å²) in [5.74, 6) is 0.850. The minimum Gasteiger partial charge on any atom is -0.461 e. The maximum absolute atomic E-state index is 11.7. The Morgan fingerprint density at radius 1 is 1.48 bits per heavy atom. The average molecular weight is 335 g/mol. The summed E-state index contributed by atoms with van der Waals surface area (Å²) in [6.45, 7) is 6.35. The maximum Gasteiger partial charge on any atom is 0.321 e. The summed E-state index contributed by atoms with van der Waals surface area (Å²) in [6, 6.07) is 3.01. The van der Waals surface area contributed by atoms with Gasteiger partial charge in [-0.3, -0.25) is 14.7 Å². The van der Waals surface area contributed by atoms with Crippen LogP contribution in [0.25, 0.3) is 11.6 Å². The number of imide groups is 1. The van der Waals surface area contributed by atoms with E-state index < -0.39 is 11.9 Å². The van der Waals surface area contributed by atoms with E-state index in [0.29, 0.717) is 29.8 Å². The predicted octanol–water partition coefficient (Wildman–Crippen LogP) is 1.66. The number of nitrogens with zero attached hydrogens (tertiary/aromatic N) is 3. The molecular formula is C14H17N5O3S. The molecule has 9 heteroatoms. The van der Waals surface area contributed by atoms with Gasteiger partial charge in [-0.25, -0.2) is 4.79 Å². The van der Waals surface area contributed by atoms with Gasteiger partial charge < -0.3 is 9.73 Å². The van der Waals surface area contributed by atoms with Crippen molar-refractivity contribution in [3.05, 3.63) is 31.1 Å². The zero-order valence-corrected chi connectivity index (χ0v) is 13.4. The Bertz CT molecular complexity index is 681. The fraction of sp³-hybridized carbons (Fsp3) is 0.286. The van der Waals surface area contributed by atoms with E-state index in [2.05, 4.69) is 27.4 Å². The Kier molecular flexibility index (Phi) is 5.98. The van der Waals surface area contributed by atoms with Gasteiger partial charge in [-0.15, -0.1) is 16.8 Å². The topological polar surface area (TPSA) is 102 Å². The van der Waals surface area contributed by atoms with Gasteiger partial charge in [-0.2, -0.15) is 0 Å². The van der Waals surface area contributed by atoms with Crippen LogP contribution in [0.2, 0.25) is 0 Å². The number of hydrogen-bond donors (Lipinski definition) is 2. The Balaban J connectivity index is 1.94. The van der Waals surface area contributed by atoms with Gasteiger partial charge in [0.25, 0.3) is 0 Å². The highest BCUT2D eigenvalue weighted by atomic mass is 32.2.